The van der Waals surface area contributed by atoms with Crippen LogP contribution in [-0.4, -0.2) is 10.8 Å². The Balaban J connectivity index is 3.21. The fourth-order valence-electron chi connectivity index (χ4n) is 1.76. The first-order valence-electron chi connectivity index (χ1n) is 6.67. The first kappa shape index (κ1) is 15.9. The molecule has 106 valence electrons. The topological polar surface area (TPSA) is 56.0 Å². The Bertz CT molecular complexity index is 581. The summed E-state index contributed by atoms with van der Waals surface area (Å²) in [6.07, 6.45) is 7.46. The minimum Gasteiger partial charge on any atom is -0.397 e. The Hall–Kier alpha value is -2.16. The minimum absolute atomic E-state index is 0.0334. The molecule has 0 aliphatic carbocycles. The van der Waals surface area contributed by atoms with E-state index in [-0.39, 0.29) is 11.7 Å². The molecule has 0 aromatic carbocycles. The SMILES string of the molecule is C=C/C(C)=C\C(=C/C)c1cnc(C(=O)C(C)C)c(N)c1. The van der Waals surface area contributed by atoms with Gasteiger partial charge in [-0.3, -0.25) is 9.78 Å². The highest BCUT2D eigenvalue weighted by Crippen LogP contribution is 2.22. The Morgan fingerprint density at radius 1 is 1.45 bits per heavy atom. The van der Waals surface area contributed by atoms with Crippen molar-refractivity contribution in [2.75, 3.05) is 5.73 Å². The Kier molecular flexibility index (Phi) is 5.44. The van der Waals surface area contributed by atoms with Crippen LogP contribution in [0, 0.1) is 5.92 Å². The molecule has 0 amide bonds. The predicted octanol–water partition coefficient (Wildman–Crippen LogP) is 4.04. The molecule has 3 heteroatoms. The average molecular weight is 270 g/mol. The van der Waals surface area contributed by atoms with E-state index in [0.29, 0.717) is 11.4 Å². The summed E-state index contributed by atoms with van der Waals surface area (Å²) in [5, 5.41) is 0. The standard InChI is InChI=1S/C17H22N2O/c1-6-12(5)8-13(7-2)14-9-15(18)16(19-10-14)17(20)11(3)4/h6-11H,1,18H2,2-5H3/b12-8-,13-7+. The van der Waals surface area contributed by atoms with E-state index in [1.807, 2.05) is 39.8 Å². The number of ketones is 1. The molecule has 3 nitrogen and oxygen atoms in total. The van der Waals surface area contributed by atoms with Crippen LogP contribution in [0.4, 0.5) is 5.69 Å². The summed E-state index contributed by atoms with van der Waals surface area (Å²) in [6, 6.07) is 1.80. The number of pyridine rings is 1. The lowest BCUT2D eigenvalue weighted by atomic mass is 10.0. The van der Waals surface area contributed by atoms with Gasteiger partial charge in [-0.05, 0) is 25.5 Å². The number of allylic oxidation sites excluding steroid dienone is 5. The maximum absolute atomic E-state index is 12.0. The fourth-order valence-corrected chi connectivity index (χ4v) is 1.76. The number of Topliss-reactive ketones (excluding diaryl/α,β-unsaturated/α-hetero) is 1. The van der Waals surface area contributed by atoms with E-state index in [9.17, 15) is 4.79 Å². The zero-order valence-corrected chi connectivity index (χ0v) is 12.6. The Labute approximate surface area is 120 Å². The molecule has 0 unspecified atom stereocenters. The van der Waals surface area contributed by atoms with Gasteiger partial charge in [0, 0.05) is 17.7 Å². The van der Waals surface area contributed by atoms with E-state index in [1.165, 1.54) is 0 Å². The molecular formula is C17H22N2O. The van der Waals surface area contributed by atoms with Gasteiger partial charge in [-0.2, -0.15) is 0 Å². The van der Waals surface area contributed by atoms with Crippen molar-refractivity contribution in [1.29, 1.82) is 0 Å². The van der Waals surface area contributed by atoms with E-state index in [1.54, 1.807) is 18.3 Å². The monoisotopic (exact) mass is 270 g/mol. The van der Waals surface area contributed by atoms with E-state index in [2.05, 4.69) is 11.6 Å². The van der Waals surface area contributed by atoms with Crippen molar-refractivity contribution in [3.8, 4) is 0 Å². The second-order valence-corrected chi connectivity index (χ2v) is 5.02. The number of carbonyl (C=O) groups is 1. The van der Waals surface area contributed by atoms with E-state index < -0.39 is 0 Å². The van der Waals surface area contributed by atoms with E-state index >= 15 is 0 Å². The zero-order chi connectivity index (χ0) is 15.3. The first-order chi connectivity index (χ1) is 9.40. The van der Waals surface area contributed by atoms with E-state index in [4.69, 9.17) is 5.73 Å². The van der Waals surface area contributed by atoms with Crippen molar-refractivity contribution in [1.82, 2.24) is 4.98 Å². The molecule has 1 rings (SSSR count). The van der Waals surface area contributed by atoms with Gasteiger partial charge in [-0.25, -0.2) is 0 Å². The number of hydrogen-bond donors (Lipinski definition) is 1. The lowest BCUT2D eigenvalue weighted by molar-refractivity contribution is 0.0935. The highest BCUT2D eigenvalue weighted by atomic mass is 16.1. The summed E-state index contributed by atoms with van der Waals surface area (Å²) >= 11 is 0. The molecule has 0 bridgehead atoms. The molecule has 0 aliphatic heterocycles. The third-order valence-corrected chi connectivity index (χ3v) is 3.02. The molecule has 1 heterocycles. The molecule has 2 N–H and O–H groups in total. The van der Waals surface area contributed by atoms with Crippen molar-refractivity contribution in [2.24, 2.45) is 5.92 Å². The van der Waals surface area contributed by atoms with Gasteiger partial charge in [-0.1, -0.05) is 44.2 Å². The average Bonchev–Trinajstić information content (AvgIpc) is 2.43. The highest BCUT2D eigenvalue weighted by molar-refractivity contribution is 6.00. The maximum Gasteiger partial charge on any atom is 0.185 e. The van der Waals surface area contributed by atoms with Gasteiger partial charge < -0.3 is 5.73 Å². The maximum atomic E-state index is 12.0. The number of nitrogens with two attached hydrogens (primary N) is 1. The summed E-state index contributed by atoms with van der Waals surface area (Å²) in [5.41, 5.74) is 9.69. The zero-order valence-electron chi connectivity index (χ0n) is 12.6. The van der Waals surface area contributed by atoms with Crippen LogP contribution in [0.3, 0.4) is 0 Å². The predicted molar refractivity (Wildman–Crippen MR) is 85.4 cm³/mol. The third-order valence-electron chi connectivity index (χ3n) is 3.02. The summed E-state index contributed by atoms with van der Waals surface area (Å²) < 4.78 is 0. The van der Waals surface area contributed by atoms with Crippen molar-refractivity contribution in [3.05, 3.63) is 53.9 Å². The summed E-state index contributed by atoms with van der Waals surface area (Å²) in [6.45, 7) is 11.3. The summed E-state index contributed by atoms with van der Waals surface area (Å²) in [5.74, 6) is -0.145. The molecule has 0 fully saturated rings. The molecule has 1 aromatic heterocycles. The number of hydrogen-bond acceptors (Lipinski definition) is 3. The van der Waals surface area contributed by atoms with Crippen molar-refractivity contribution in [3.63, 3.8) is 0 Å². The van der Waals surface area contributed by atoms with Crippen molar-refractivity contribution in [2.45, 2.75) is 27.7 Å². The van der Waals surface area contributed by atoms with Crippen molar-refractivity contribution >= 4 is 17.0 Å². The second-order valence-electron chi connectivity index (χ2n) is 5.02. The fraction of sp³-hybridized carbons (Fsp3) is 0.294. The number of rotatable bonds is 5. The lowest BCUT2D eigenvalue weighted by Crippen LogP contribution is -2.12. The number of nitrogen functional groups attached to an aromatic ring is 1. The molecule has 20 heavy (non-hydrogen) atoms. The first-order valence-corrected chi connectivity index (χ1v) is 6.67. The van der Waals surface area contributed by atoms with Crippen LogP contribution in [0.25, 0.3) is 5.57 Å². The van der Waals surface area contributed by atoms with Crippen LogP contribution in [0.1, 0.15) is 43.7 Å². The normalized spacial score (nSPS) is 12.7. The van der Waals surface area contributed by atoms with Crippen LogP contribution < -0.4 is 5.73 Å². The molecule has 0 saturated heterocycles. The summed E-state index contributed by atoms with van der Waals surface area (Å²) in [4.78, 5) is 16.2. The van der Waals surface area contributed by atoms with Crippen LogP contribution >= 0.6 is 0 Å². The van der Waals surface area contributed by atoms with Gasteiger partial charge in [0.25, 0.3) is 0 Å². The van der Waals surface area contributed by atoms with Crippen LogP contribution in [-0.2, 0) is 0 Å². The Morgan fingerprint density at radius 3 is 2.55 bits per heavy atom. The number of aromatic nitrogens is 1. The largest absolute Gasteiger partial charge is 0.397 e. The second kappa shape index (κ2) is 6.85. The minimum atomic E-state index is -0.111. The molecule has 0 radical (unpaired) electrons. The molecule has 0 atom stereocenters. The van der Waals surface area contributed by atoms with Gasteiger partial charge in [0.1, 0.15) is 5.69 Å². The smallest absolute Gasteiger partial charge is 0.185 e. The molecule has 1 aromatic rings. The van der Waals surface area contributed by atoms with Crippen LogP contribution in [0.2, 0.25) is 0 Å². The lowest BCUT2D eigenvalue weighted by Gasteiger charge is -2.09. The van der Waals surface area contributed by atoms with Crippen LogP contribution in [0.15, 0.2) is 42.6 Å². The molecule has 0 spiro atoms. The summed E-state index contributed by atoms with van der Waals surface area (Å²) in [7, 11) is 0. The quantitative estimate of drug-likeness (QED) is 0.649. The molecule has 0 saturated carbocycles. The Morgan fingerprint density at radius 2 is 2.10 bits per heavy atom. The number of carbonyl (C=O) groups excluding carboxylic acids is 1. The van der Waals surface area contributed by atoms with Gasteiger partial charge >= 0.3 is 0 Å². The van der Waals surface area contributed by atoms with Crippen LogP contribution in [0.5, 0.6) is 0 Å². The molecular weight excluding hydrogens is 248 g/mol. The van der Waals surface area contributed by atoms with Gasteiger partial charge in [0.15, 0.2) is 5.78 Å². The third kappa shape index (κ3) is 3.67. The van der Waals surface area contributed by atoms with Gasteiger partial charge in [0.05, 0.1) is 5.69 Å². The number of anilines is 1. The van der Waals surface area contributed by atoms with Gasteiger partial charge in [-0.15, -0.1) is 0 Å². The highest BCUT2D eigenvalue weighted by Gasteiger charge is 2.15. The van der Waals surface area contributed by atoms with E-state index in [0.717, 1.165) is 16.7 Å². The van der Waals surface area contributed by atoms with Crippen molar-refractivity contribution < 1.29 is 4.79 Å². The van der Waals surface area contributed by atoms with Gasteiger partial charge in [0.2, 0.25) is 0 Å². The molecule has 0 aliphatic rings. The number of nitrogens with zero attached hydrogens (tertiary/aromatic N) is 1.